The van der Waals surface area contributed by atoms with Gasteiger partial charge >= 0.3 is 10.4 Å². The first-order chi connectivity index (χ1) is 13.6. The molecule has 0 spiro atoms. The number of aromatic amines is 1. The lowest BCUT2D eigenvalue weighted by molar-refractivity contribution is 0.381. The maximum Gasteiger partial charge on any atom is 0.394 e. The van der Waals surface area contributed by atoms with E-state index >= 15 is 0 Å². The van der Waals surface area contributed by atoms with Crippen molar-refractivity contribution in [2.45, 2.75) is 6.42 Å². The number of nitrogens with one attached hydrogen (secondary N) is 1. The SMILES string of the molecule is COc1ccc(-c2[nH]n(-c3ccc(Br)cc3)c(=O)c2CCN)cc1.O=S(=O)(O)O. The summed E-state index contributed by atoms with van der Waals surface area (Å²) in [6.07, 6.45) is 0.514. The second-order valence-electron chi connectivity index (χ2n) is 5.80. The average molecular weight is 486 g/mol. The fraction of sp³-hybridized carbons (Fsp3) is 0.167. The van der Waals surface area contributed by atoms with Crippen LogP contribution in [0.3, 0.4) is 0 Å². The second-order valence-corrected chi connectivity index (χ2v) is 7.61. The lowest BCUT2D eigenvalue weighted by atomic mass is 10.1. The standard InChI is InChI=1S/C18H18BrN3O2.H2O4S/c1-24-15-8-2-12(3-9-15)17-16(10-11-20)18(23)22(21-17)14-6-4-13(19)5-7-14;1-5(2,3)4/h2-9,21H,10-11,20H2,1H3;(H2,1,2,3,4). The Hall–Kier alpha value is -2.44. The van der Waals surface area contributed by atoms with Gasteiger partial charge in [0.1, 0.15) is 5.75 Å². The van der Waals surface area contributed by atoms with E-state index in [4.69, 9.17) is 28.0 Å². The van der Waals surface area contributed by atoms with Crippen molar-refractivity contribution in [2.75, 3.05) is 13.7 Å². The molecule has 11 heteroatoms. The van der Waals surface area contributed by atoms with Crippen molar-refractivity contribution >= 4 is 26.3 Å². The maximum atomic E-state index is 12.8. The molecule has 9 nitrogen and oxygen atoms in total. The number of H-pyrrole nitrogens is 1. The first-order valence-corrected chi connectivity index (χ1v) is 10.5. The number of hydrogen-bond donors (Lipinski definition) is 4. The molecular weight excluding hydrogens is 466 g/mol. The zero-order valence-electron chi connectivity index (χ0n) is 15.4. The summed E-state index contributed by atoms with van der Waals surface area (Å²) < 4.78 is 39.3. The summed E-state index contributed by atoms with van der Waals surface area (Å²) in [6.45, 7) is 0.413. The van der Waals surface area contributed by atoms with Gasteiger partial charge < -0.3 is 10.5 Å². The van der Waals surface area contributed by atoms with Crippen molar-refractivity contribution in [1.82, 2.24) is 9.78 Å². The van der Waals surface area contributed by atoms with Gasteiger partial charge in [-0.3, -0.25) is 19.0 Å². The first-order valence-electron chi connectivity index (χ1n) is 8.28. The van der Waals surface area contributed by atoms with Gasteiger partial charge in [-0.2, -0.15) is 8.42 Å². The van der Waals surface area contributed by atoms with E-state index in [0.29, 0.717) is 18.5 Å². The van der Waals surface area contributed by atoms with Gasteiger partial charge in [-0.15, -0.1) is 0 Å². The summed E-state index contributed by atoms with van der Waals surface area (Å²) in [4.78, 5) is 12.8. The number of rotatable bonds is 5. The molecule has 1 heterocycles. The van der Waals surface area contributed by atoms with Gasteiger partial charge in [-0.1, -0.05) is 15.9 Å². The van der Waals surface area contributed by atoms with E-state index in [1.165, 1.54) is 0 Å². The Labute approximate surface area is 175 Å². The molecule has 0 unspecified atom stereocenters. The largest absolute Gasteiger partial charge is 0.497 e. The Bertz CT molecular complexity index is 1100. The Morgan fingerprint density at radius 3 is 2.14 bits per heavy atom. The van der Waals surface area contributed by atoms with E-state index in [1.807, 2.05) is 48.5 Å². The molecule has 0 amide bonds. The molecule has 156 valence electrons. The summed E-state index contributed by atoms with van der Waals surface area (Å²) >= 11 is 3.41. The van der Waals surface area contributed by atoms with Crippen molar-refractivity contribution < 1.29 is 22.3 Å². The number of halogens is 1. The molecule has 0 atom stereocenters. The fourth-order valence-corrected chi connectivity index (χ4v) is 2.88. The third kappa shape index (κ3) is 6.54. The summed E-state index contributed by atoms with van der Waals surface area (Å²) in [5.74, 6) is 0.772. The van der Waals surface area contributed by atoms with Crippen LogP contribution < -0.4 is 16.0 Å². The molecule has 0 saturated carbocycles. The molecule has 5 N–H and O–H groups in total. The number of ether oxygens (including phenoxy) is 1. The molecule has 0 saturated heterocycles. The minimum Gasteiger partial charge on any atom is -0.497 e. The molecular formula is C18H20BrN3O6S. The van der Waals surface area contributed by atoms with Crippen LogP contribution >= 0.6 is 15.9 Å². The third-order valence-corrected chi connectivity index (χ3v) is 4.37. The van der Waals surface area contributed by atoms with E-state index in [0.717, 1.165) is 27.2 Å². The third-order valence-electron chi connectivity index (χ3n) is 3.84. The molecule has 29 heavy (non-hydrogen) atoms. The smallest absolute Gasteiger partial charge is 0.394 e. The number of aromatic nitrogens is 2. The fourth-order valence-electron chi connectivity index (χ4n) is 2.62. The molecule has 3 rings (SSSR count). The quantitative estimate of drug-likeness (QED) is 0.405. The molecule has 2 aromatic carbocycles. The van der Waals surface area contributed by atoms with Crippen LogP contribution in [0.25, 0.3) is 16.9 Å². The zero-order chi connectivity index (χ0) is 21.6. The predicted molar refractivity (Wildman–Crippen MR) is 113 cm³/mol. The van der Waals surface area contributed by atoms with Crippen LogP contribution in [0.5, 0.6) is 5.75 Å². The van der Waals surface area contributed by atoms with Gasteiger partial charge in [0.05, 0.1) is 18.5 Å². The Kier molecular flexibility index (Phi) is 7.76. The van der Waals surface area contributed by atoms with Crippen LogP contribution in [0.15, 0.2) is 57.8 Å². The summed E-state index contributed by atoms with van der Waals surface area (Å²) in [6, 6.07) is 15.2. The molecule has 3 aromatic rings. The van der Waals surface area contributed by atoms with Gasteiger partial charge in [-0.05, 0) is 61.5 Å². The van der Waals surface area contributed by atoms with Crippen molar-refractivity contribution in [2.24, 2.45) is 5.73 Å². The number of hydrogen-bond acceptors (Lipinski definition) is 5. The highest BCUT2D eigenvalue weighted by Crippen LogP contribution is 2.24. The summed E-state index contributed by atoms with van der Waals surface area (Å²) in [5.41, 5.74) is 8.80. The van der Waals surface area contributed by atoms with E-state index in [9.17, 15) is 4.79 Å². The maximum absolute atomic E-state index is 12.8. The van der Waals surface area contributed by atoms with Gasteiger partial charge in [0.15, 0.2) is 0 Å². The Morgan fingerprint density at radius 2 is 1.66 bits per heavy atom. The van der Waals surface area contributed by atoms with Crippen molar-refractivity contribution in [3.63, 3.8) is 0 Å². The highest BCUT2D eigenvalue weighted by molar-refractivity contribution is 9.10. The van der Waals surface area contributed by atoms with Crippen molar-refractivity contribution in [1.29, 1.82) is 0 Å². The Balaban J connectivity index is 0.000000537. The Morgan fingerprint density at radius 1 is 1.10 bits per heavy atom. The normalized spacial score (nSPS) is 10.9. The number of benzene rings is 2. The topological polar surface area (TPSA) is 148 Å². The van der Waals surface area contributed by atoms with Gasteiger partial charge in [0.2, 0.25) is 0 Å². The van der Waals surface area contributed by atoms with Crippen molar-refractivity contribution in [3.8, 4) is 22.7 Å². The summed E-state index contributed by atoms with van der Waals surface area (Å²) in [5, 5.41) is 3.22. The highest BCUT2D eigenvalue weighted by atomic mass is 79.9. The molecule has 0 fully saturated rings. The van der Waals surface area contributed by atoms with Gasteiger partial charge in [-0.25, -0.2) is 4.68 Å². The molecule has 0 aliphatic heterocycles. The van der Waals surface area contributed by atoms with Gasteiger partial charge in [0, 0.05) is 15.6 Å². The predicted octanol–water partition coefficient (Wildman–Crippen LogP) is 2.45. The molecule has 0 aliphatic carbocycles. The lowest BCUT2D eigenvalue weighted by Crippen LogP contribution is -2.19. The monoisotopic (exact) mass is 485 g/mol. The highest BCUT2D eigenvalue weighted by Gasteiger charge is 2.16. The number of nitrogens with two attached hydrogens (primary N) is 1. The second kappa shape index (κ2) is 9.85. The van der Waals surface area contributed by atoms with Crippen LogP contribution in [-0.2, 0) is 16.8 Å². The van der Waals surface area contributed by atoms with Crippen molar-refractivity contribution in [3.05, 3.63) is 68.9 Å². The minimum atomic E-state index is -4.67. The summed E-state index contributed by atoms with van der Waals surface area (Å²) in [7, 11) is -3.04. The molecule has 0 radical (unpaired) electrons. The molecule has 1 aromatic heterocycles. The van der Waals surface area contributed by atoms with Crippen LogP contribution in [-0.4, -0.2) is 41.0 Å². The lowest BCUT2D eigenvalue weighted by Gasteiger charge is -2.04. The van der Waals surface area contributed by atoms with E-state index < -0.39 is 10.4 Å². The minimum absolute atomic E-state index is 0.0754. The first kappa shape index (κ1) is 22.8. The number of methoxy groups -OCH3 is 1. The van der Waals surface area contributed by atoms with Crippen LogP contribution in [0.4, 0.5) is 0 Å². The van der Waals surface area contributed by atoms with Crippen LogP contribution in [0.1, 0.15) is 5.56 Å². The zero-order valence-corrected chi connectivity index (χ0v) is 17.8. The average Bonchev–Trinajstić information content (AvgIpc) is 2.98. The van der Waals surface area contributed by atoms with Crippen LogP contribution in [0.2, 0.25) is 0 Å². The molecule has 0 bridgehead atoms. The van der Waals surface area contributed by atoms with E-state index in [1.54, 1.807) is 11.8 Å². The molecule has 0 aliphatic rings. The van der Waals surface area contributed by atoms with E-state index in [-0.39, 0.29) is 5.56 Å². The number of nitrogens with zero attached hydrogens (tertiary/aromatic N) is 1. The van der Waals surface area contributed by atoms with Gasteiger partial charge in [0.25, 0.3) is 5.56 Å². The van der Waals surface area contributed by atoms with Crippen LogP contribution in [0, 0.1) is 0 Å². The van der Waals surface area contributed by atoms with E-state index in [2.05, 4.69) is 21.0 Å².